The molecule has 9 nitrogen and oxygen atoms in total. The summed E-state index contributed by atoms with van der Waals surface area (Å²) in [5, 5.41) is 18.9. The Morgan fingerprint density at radius 1 is 1.27 bits per heavy atom. The largest absolute Gasteiger partial charge is 0.490 e. The number of thioether (sulfide) groups is 1. The number of hydrogen-bond donors (Lipinski definition) is 2. The monoisotopic (exact) mass is 456 g/mol. The number of carbonyl (C=O) groups is 1. The van der Waals surface area contributed by atoms with Crippen LogP contribution in [-0.2, 0) is 18.4 Å². The summed E-state index contributed by atoms with van der Waals surface area (Å²) in [5.41, 5.74) is 0.565. The summed E-state index contributed by atoms with van der Waals surface area (Å²) < 4.78 is 13.0. The third-order valence-corrected chi connectivity index (χ3v) is 5.06. The summed E-state index contributed by atoms with van der Waals surface area (Å²) in [5.74, 6) is 1.61. The molecule has 0 bridgehead atoms. The van der Waals surface area contributed by atoms with E-state index >= 15 is 0 Å². The number of amides is 1. The molecule has 0 atom stereocenters. The van der Waals surface area contributed by atoms with Crippen molar-refractivity contribution in [2.75, 3.05) is 25.5 Å². The van der Waals surface area contributed by atoms with Gasteiger partial charge in [0.15, 0.2) is 18.1 Å². The molecule has 0 radical (unpaired) electrons. The minimum Gasteiger partial charge on any atom is -0.490 e. The van der Waals surface area contributed by atoms with Crippen LogP contribution in [0.5, 0.6) is 11.5 Å². The van der Waals surface area contributed by atoms with E-state index in [0.717, 1.165) is 23.0 Å². The summed E-state index contributed by atoms with van der Waals surface area (Å²) in [7, 11) is 1.81. The van der Waals surface area contributed by atoms with Crippen molar-refractivity contribution in [1.29, 1.82) is 0 Å². The number of nitrogens with one attached hydrogen (secondary N) is 2. The maximum absolute atomic E-state index is 12.0. The van der Waals surface area contributed by atoms with Crippen LogP contribution in [0, 0.1) is 0 Å². The van der Waals surface area contributed by atoms with Gasteiger partial charge in [-0.05, 0) is 49.8 Å². The molecule has 0 aliphatic carbocycles. The van der Waals surface area contributed by atoms with Crippen LogP contribution in [0.25, 0.3) is 0 Å². The molecule has 1 aromatic heterocycles. The Balaban J connectivity index is 1.91. The Morgan fingerprint density at radius 3 is 2.63 bits per heavy atom. The molecule has 0 fully saturated rings. The molecule has 0 saturated heterocycles. The molecule has 0 unspecified atom stereocenters. The predicted molar refractivity (Wildman–Crippen MR) is 117 cm³/mol. The first kappa shape index (κ1) is 24.2. The molecule has 1 heterocycles. The number of nitrogens with zero attached hydrogens (tertiary/aromatic N) is 4. The molecule has 30 heavy (non-hydrogen) atoms. The summed E-state index contributed by atoms with van der Waals surface area (Å²) in [6.45, 7) is 9.32. The fourth-order valence-electron chi connectivity index (χ4n) is 2.47. The standard InChI is InChI=1S/C19H29ClN6O3S/c1-6-28-15-9-13(11-21-7-8-30-18-23-24-25-26(18)5)14(20)10-16(15)29-12-17(27)22-19(2,3)4/h9-10,21H,6-8,11-12H2,1-5H3,(H,22,27). The average Bonchev–Trinajstić information content (AvgIpc) is 3.06. The van der Waals surface area contributed by atoms with Crippen LogP contribution >= 0.6 is 23.4 Å². The topological polar surface area (TPSA) is 103 Å². The minimum atomic E-state index is -0.321. The highest BCUT2D eigenvalue weighted by Crippen LogP contribution is 2.33. The summed E-state index contributed by atoms with van der Waals surface area (Å²) in [6.07, 6.45) is 0. The normalized spacial score (nSPS) is 11.4. The SMILES string of the molecule is CCOc1cc(CNCCSc2nnnn2C)c(Cl)cc1OCC(=O)NC(C)(C)C. The first-order valence-corrected chi connectivity index (χ1v) is 11.0. The Morgan fingerprint density at radius 2 is 2.00 bits per heavy atom. The lowest BCUT2D eigenvalue weighted by Crippen LogP contribution is -2.43. The molecule has 0 saturated carbocycles. The van der Waals surface area contributed by atoms with E-state index in [0.29, 0.717) is 29.7 Å². The fraction of sp³-hybridized carbons (Fsp3) is 0.579. The van der Waals surface area contributed by atoms with Crippen molar-refractivity contribution in [3.63, 3.8) is 0 Å². The number of halogens is 1. The molecule has 2 aromatic rings. The molecule has 1 amide bonds. The van der Waals surface area contributed by atoms with E-state index in [9.17, 15) is 4.79 Å². The van der Waals surface area contributed by atoms with Gasteiger partial charge in [0, 0.05) is 42.5 Å². The molecule has 166 valence electrons. The third kappa shape index (κ3) is 8.00. The van der Waals surface area contributed by atoms with Gasteiger partial charge in [0.05, 0.1) is 6.61 Å². The predicted octanol–water partition coefficient (Wildman–Crippen LogP) is 2.44. The molecule has 2 rings (SSSR count). The van der Waals surface area contributed by atoms with Gasteiger partial charge in [-0.3, -0.25) is 4.79 Å². The molecule has 0 aliphatic heterocycles. The van der Waals surface area contributed by atoms with Gasteiger partial charge in [-0.25, -0.2) is 4.68 Å². The highest BCUT2D eigenvalue weighted by Gasteiger charge is 2.16. The van der Waals surface area contributed by atoms with Crippen molar-refractivity contribution in [2.45, 2.75) is 44.9 Å². The van der Waals surface area contributed by atoms with E-state index < -0.39 is 0 Å². The number of carbonyl (C=O) groups excluding carboxylic acids is 1. The second-order valence-electron chi connectivity index (χ2n) is 7.52. The molecule has 0 spiro atoms. The number of ether oxygens (including phenoxy) is 2. The zero-order chi connectivity index (χ0) is 22.1. The molecular weight excluding hydrogens is 428 g/mol. The highest BCUT2D eigenvalue weighted by atomic mass is 35.5. The maximum atomic E-state index is 12.0. The van der Waals surface area contributed by atoms with Crippen LogP contribution in [-0.4, -0.2) is 57.2 Å². The summed E-state index contributed by atoms with van der Waals surface area (Å²) in [6, 6.07) is 3.53. The Hall–Kier alpha value is -2.04. The van der Waals surface area contributed by atoms with Crippen LogP contribution in [0.3, 0.4) is 0 Å². The average molecular weight is 457 g/mol. The lowest BCUT2D eigenvalue weighted by molar-refractivity contribution is -0.124. The van der Waals surface area contributed by atoms with Crippen molar-refractivity contribution in [3.05, 3.63) is 22.7 Å². The fourth-order valence-corrected chi connectivity index (χ4v) is 3.44. The van der Waals surface area contributed by atoms with Crippen molar-refractivity contribution in [3.8, 4) is 11.5 Å². The Bertz CT molecular complexity index is 840. The van der Waals surface area contributed by atoms with Gasteiger partial charge in [-0.15, -0.1) is 5.10 Å². The lowest BCUT2D eigenvalue weighted by Gasteiger charge is -2.21. The number of tetrazole rings is 1. The smallest absolute Gasteiger partial charge is 0.258 e. The van der Waals surface area contributed by atoms with E-state index in [1.807, 2.05) is 33.8 Å². The van der Waals surface area contributed by atoms with Crippen LogP contribution in [0.2, 0.25) is 5.02 Å². The van der Waals surface area contributed by atoms with Gasteiger partial charge in [0.2, 0.25) is 5.16 Å². The van der Waals surface area contributed by atoms with Crippen LogP contribution in [0.15, 0.2) is 17.3 Å². The number of hydrogen-bond acceptors (Lipinski definition) is 8. The van der Waals surface area contributed by atoms with Crippen LogP contribution < -0.4 is 20.1 Å². The molecule has 2 N–H and O–H groups in total. The molecule has 11 heteroatoms. The highest BCUT2D eigenvalue weighted by molar-refractivity contribution is 7.99. The number of aryl methyl sites for hydroxylation is 1. The Labute approximate surface area is 186 Å². The number of benzene rings is 1. The quantitative estimate of drug-likeness (QED) is 0.392. The van der Waals surface area contributed by atoms with Gasteiger partial charge in [-0.2, -0.15) is 0 Å². The van der Waals surface area contributed by atoms with Crippen molar-refractivity contribution >= 4 is 29.3 Å². The number of rotatable bonds is 11. The van der Waals surface area contributed by atoms with Gasteiger partial charge in [-0.1, -0.05) is 23.4 Å². The van der Waals surface area contributed by atoms with E-state index in [1.165, 1.54) is 0 Å². The van der Waals surface area contributed by atoms with Crippen LogP contribution in [0.4, 0.5) is 0 Å². The van der Waals surface area contributed by atoms with Gasteiger partial charge >= 0.3 is 0 Å². The molecule has 1 aromatic carbocycles. The van der Waals surface area contributed by atoms with E-state index in [1.54, 1.807) is 29.6 Å². The summed E-state index contributed by atoms with van der Waals surface area (Å²) in [4.78, 5) is 12.0. The zero-order valence-electron chi connectivity index (χ0n) is 18.0. The van der Waals surface area contributed by atoms with Gasteiger partial charge < -0.3 is 20.1 Å². The number of aromatic nitrogens is 4. The first-order valence-electron chi connectivity index (χ1n) is 9.64. The van der Waals surface area contributed by atoms with E-state index in [4.69, 9.17) is 21.1 Å². The Kier molecular flexibility index (Phi) is 9.19. The molecule has 0 aliphatic rings. The van der Waals surface area contributed by atoms with Crippen molar-refractivity contribution in [1.82, 2.24) is 30.8 Å². The zero-order valence-corrected chi connectivity index (χ0v) is 19.6. The lowest BCUT2D eigenvalue weighted by atomic mass is 10.1. The van der Waals surface area contributed by atoms with E-state index in [2.05, 4.69) is 26.2 Å². The van der Waals surface area contributed by atoms with Crippen LogP contribution in [0.1, 0.15) is 33.3 Å². The van der Waals surface area contributed by atoms with Gasteiger partial charge in [0.1, 0.15) is 0 Å². The van der Waals surface area contributed by atoms with Gasteiger partial charge in [0.25, 0.3) is 5.91 Å². The maximum Gasteiger partial charge on any atom is 0.258 e. The molecular formula is C19H29ClN6O3S. The second kappa shape index (κ2) is 11.4. The first-order chi connectivity index (χ1) is 14.2. The second-order valence-corrected chi connectivity index (χ2v) is 8.99. The van der Waals surface area contributed by atoms with E-state index in [-0.39, 0.29) is 18.1 Å². The van der Waals surface area contributed by atoms with Crippen molar-refractivity contribution in [2.24, 2.45) is 7.05 Å². The summed E-state index contributed by atoms with van der Waals surface area (Å²) >= 11 is 8.00. The minimum absolute atomic E-state index is 0.112. The van der Waals surface area contributed by atoms with Crippen molar-refractivity contribution < 1.29 is 14.3 Å². The third-order valence-electron chi connectivity index (χ3n) is 3.69.